The molecule has 152 valence electrons. The normalized spacial score (nSPS) is 12.0. The standard InChI is InChI=1S/C21H24N4O3S/c1-4-10-22-19(27)13(2)24-16(26)11-25-12-23-20-18(21(25)28)17(14(3)29-20)15-8-6-5-7-9-15/h5-9,12-13H,4,10-11H2,1-3H3,(H,22,27)(H,24,26)/t13-/m1/s1. The maximum absolute atomic E-state index is 13.1. The lowest BCUT2D eigenvalue weighted by atomic mass is 10.0. The molecule has 29 heavy (non-hydrogen) atoms. The lowest BCUT2D eigenvalue weighted by Gasteiger charge is -2.14. The van der Waals surface area contributed by atoms with E-state index in [0.29, 0.717) is 16.8 Å². The fourth-order valence-corrected chi connectivity index (χ4v) is 4.11. The first-order valence-corrected chi connectivity index (χ1v) is 10.3. The summed E-state index contributed by atoms with van der Waals surface area (Å²) in [5, 5.41) is 5.88. The molecule has 0 spiro atoms. The third kappa shape index (κ3) is 4.54. The lowest BCUT2D eigenvalue weighted by Crippen LogP contribution is -2.46. The van der Waals surface area contributed by atoms with E-state index in [9.17, 15) is 14.4 Å². The number of nitrogens with one attached hydrogen (secondary N) is 2. The zero-order valence-electron chi connectivity index (χ0n) is 16.7. The monoisotopic (exact) mass is 412 g/mol. The molecule has 8 heteroatoms. The van der Waals surface area contributed by atoms with Crippen LogP contribution < -0.4 is 16.2 Å². The van der Waals surface area contributed by atoms with Crippen molar-refractivity contribution in [2.45, 2.75) is 39.8 Å². The fourth-order valence-electron chi connectivity index (χ4n) is 3.11. The van der Waals surface area contributed by atoms with Gasteiger partial charge in [0.2, 0.25) is 11.8 Å². The van der Waals surface area contributed by atoms with E-state index >= 15 is 0 Å². The van der Waals surface area contributed by atoms with Crippen molar-refractivity contribution in [3.8, 4) is 11.1 Å². The fraction of sp³-hybridized carbons (Fsp3) is 0.333. The van der Waals surface area contributed by atoms with Crippen LogP contribution in [0.2, 0.25) is 0 Å². The van der Waals surface area contributed by atoms with Crippen molar-refractivity contribution in [2.24, 2.45) is 0 Å². The van der Waals surface area contributed by atoms with Gasteiger partial charge in [0.15, 0.2) is 0 Å². The first-order chi connectivity index (χ1) is 13.9. The molecule has 2 amide bonds. The number of nitrogens with zero attached hydrogens (tertiary/aromatic N) is 2. The molecule has 0 unspecified atom stereocenters. The Bertz CT molecular complexity index is 1090. The molecule has 2 heterocycles. The van der Waals surface area contributed by atoms with Crippen molar-refractivity contribution >= 4 is 33.4 Å². The summed E-state index contributed by atoms with van der Waals surface area (Å²) in [5.41, 5.74) is 1.53. The van der Waals surface area contributed by atoms with Gasteiger partial charge in [0, 0.05) is 17.0 Å². The molecule has 0 aliphatic heterocycles. The molecule has 2 N–H and O–H groups in total. The Morgan fingerprint density at radius 2 is 1.97 bits per heavy atom. The third-order valence-electron chi connectivity index (χ3n) is 4.55. The van der Waals surface area contributed by atoms with Gasteiger partial charge >= 0.3 is 0 Å². The lowest BCUT2D eigenvalue weighted by molar-refractivity contribution is -0.128. The first-order valence-electron chi connectivity index (χ1n) is 9.53. The molecule has 0 fully saturated rings. The van der Waals surface area contributed by atoms with Crippen molar-refractivity contribution in [3.63, 3.8) is 0 Å². The van der Waals surface area contributed by atoms with Crippen molar-refractivity contribution in [3.05, 3.63) is 51.9 Å². The number of carbonyl (C=O) groups excluding carboxylic acids is 2. The number of carbonyl (C=O) groups is 2. The minimum Gasteiger partial charge on any atom is -0.354 e. The first kappa shape index (κ1) is 20.7. The van der Waals surface area contributed by atoms with E-state index in [-0.39, 0.29) is 18.0 Å². The highest BCUT2D eigenvalue weighted by molar-refractivity contribution is 7.19. The minimum absolute atomic E-state index is 0.198. The molecule has 7 nitrogen and oxygen atoms in total. The Balaban J connectivity index is 1.86. The second-order valence-corrected chi connectivity index (χ2v) is 8.04. The average molecular weight is 413 g/mol. The Morgan fingerprint density at radius 3 is 2.66 bits per heavy atom. The van der Waals surface area contributed by atoms with Crippen LogP contribution in [-0.4, -0.2) is 34.0 Å². The summed E-state index contributed by atoms with van der Waals surface area (Å²) >= 11 is 1.46. The molecule has 2 aromatic heterocycles. The zero-order chi connectivity index (χ0) is 21.0. The molecular weight excluding hydrogens is 388 g/mol. The van der Waals surface area contributed by atoms with E-state index in [1.54, 1.807) is 6.92 Å². The summed E-state index contributed by atoms with van der Waals surface area (Å²) in [6.07, 6.45) is 2.20. The van der Waals surface area contributed by atoms with Gasteiger partial charge in [0.25, 0.3) is 5.56 Å². The van der Waals surface area contributed by atoms with E-state index in [1.165, 1.54) is 22.2 Å². The van der Waals surface area contributed by atoms with Crippen molar-refractivity contribution < 1.29 is 9.59 Å². The van der Waals surface area contributed by atoms with Crippen LogP contribution in [0.3, 0.4) is 0 Å². The van der Waals surface area contributed by atoms with Gasteiger partial charge in [-0.2, -0.15) is 0 Å². The second-order valence-electron chi connectivity index (χ2n) is 6.84. The summed E-state index contributed by atoms with van der Waals surface area (Å²) < 4.78 is 1.28. The van der Waals surface area contributed by atoms with Crippen molar-refractivity contribution in [2.75, 3.05) is 6.54 Å². The van der Waals surface area contributed by atoms with E-state index in [2.05, 4.69) is 15.6 Å². The molecule has 0 aliphatic rings. The minimum atomic E-state index is -0.676. The van der Waals surface area contributed by atoms with E-state index in [4.69, 9.17) is 0 Å². The van der Waals surface area contributed by atoms with Crippen LogP contribution in [0, 0.1) is 6.92 Å². The van der Waals surface area contributed by atoms with Crippen LogP contribution in [-0.2, 0) is 16.1 Å². The topological polar surface area (TPSA) is 93.1 Å². The van der Waals surface area contributed by atoms with E-state index < -0.39 is 11.9 Å². The Morgan fingerprint density at radius 1 is 1.24 bits per heavy atom. The molecule has 1 atom stereocenters. The summed E-state index contributed by atoms with van der Waals surface area (Å²) in [6, 6.07) is 9.00. The van der Waals surface area contributed by atoms with Crippen LogP contribution >= 0.6 is 11.3 Å². The molecular formula is C21H24N4O3S. The highest BCUT2D eigenvalue weighted by Crippen LogP contribution is 2.35. The number of thiophene rings is 1. The van der Waals surface area contributed by atoms with Gasteiger partial charge in [-0.05, 0) is 25.8 Å². The average Bonchev–Trinajstić information content (AvgIpc) is 3.05. The molecule has 0 bridgehead atoms. The maximum atomic E-state index is 13.1. The van der Waals surface area contributed by atoms with Gasteiger partial charge in [-0.25, -0.2) is 4.98 Å². The Hall–Kier alpha value is -3.00. The van der Waals surface area contributed by atoms with Gasteiger partial charge in [-0.3, -0.25) is 19.0 Å². The van der Waals surface area contributed by atoms with E-state index in [1.807, 2.05) is 44.2 Å². The molecule has 3 aromatic rings. The van der Waals surface area contributed by atoms with Gasteiger partial charge in [-0.15, -0.1) is 11.3 Å². The van der Waals surface area contributed by atoms with Gasteiger partial charge in [0.05, 0.1) is 11.7 Å². The number of amides is 2. The summed E-state index contributed by atoms with van der Waals surface area (Å²) in [6.45, 7) is 5.88. The summed E-state index contributed by atoms with van der Waals surface area (Å²) in [5.74, 6) is -0.665. The molecule has 0 saturated heterocycles. The van der Waals surface area contributed by atoms with E-state index in [0.717, 1.165) is 22.4 Å². The smallest absolute Gasteiger partial charge is 0.263 e. The highest BCUT2D eigenvalue weighted by atomic mass is 32.1. The van der Waals surface area contributed by atoms with Gasteiger partial charge < -0.3 is 10.6 Å². The quantitative estimate of drug-likeness (QED) is 0.623. The molecule has 0 saturated carbocycles. The zero-order valence-corrected chi connectivity index (χ0v) is 17.5. The second kappa shape index (κ2) is 9.00. The van der Waals surface area contributed by atoms with Crippen molar-refractivity contribution in [1.29, 1.82) is 0 Å². The number of fused-ring (bicyclic) bond motifs is 1. The number of hydrogen-bond donors (Lipinski definition) is 2. The van der Waals surface area contributed by atoms with Gasteiger partial charge in [-0.1, -0.05) is 37.3 Å². The number of benzene rings is 1. The van der Waals surface area contributed by atoms with Crippen molar-refractivity contribution in [1.82, 2.24) is 20.2 Å². The number of aryl methyl sites for hydroxylation is 1. The molecule has 1 aromatic carbocycles. The Labute approximate surface area is 172 Å². The number of hydrogen-bond acceptors (Lipinski definition) is 5. The van der Waals surface area contributed by atoms with Crippen LogP contribution in [0.15, 0.2) is 41.5 Å². The SMILES string of the molecule is CCCNC(=O)[C@@H](C)NC(=O)Cn1cnc2sc(C)c(-c3ccccc3)c2c1=O. The molecule has 0 aliphatic carbocycles. The maximum Gasteiger partial charge on any atom is 0.263 e. The molecule has 3 rings (SSSR count). The van der Waals surface area contributed by atoms with Crippen LogP contribution in [0.5, 0.6) is 0 Å². The Kier molecular flexibility index (Phi) is 6.43. The van der Waals surface area contributed by atoms with Crippen LogP contribution in [0.25, 0.3) is 21.3 Å². The predicted molar refractivity (Wildman–Crippen MR) is 115 cm³/mol. The summed E-state index contributed by atoms with van der Waals surface area (Å²) in [7, 11) is 0. The largest absolute Gasteiger partial charge is 0.354 e. The molecule has 0 radical (unpaired) electrons. The summed E-state index contributed by atoms with van der Waals surface area (Å²) in [4.78, 5) is 43.4. The van der Waals surface area contributed by atoms with Crippen LogP contribution in [0.1, 0.15) is 25.1 Å². The van der Waals surface area contributed by atoms with Gasteiger partial charge in [0.1, 0.15) is 17.4 Å². The van der Waals surface area contributed by atoms with Crippen LogP contribution in [0.4, 0.5) is 0 Å². The number of rotatable bonds is 7. The highest BCUT2D eigenvalue weighted by Gasteiger charge is 2.19. The third-order valence-corrected chi connectivity index (χ3v) is 5.56. The predicted octanol–water partition coefficient (Wildman–Crippen LogP) is 2.46. The number of aromatic nitrogens is 2.